The van der Waals surface area contributed by atoms with Crippen LogP contribution in [0, 0.1) is 55.4 Å². The highest BCUT2D eigenvalue weighted by Crippen LogP contribution is 2.35. The fourth-order valence-corrected chi connectivity index (χ4v) is 15.2. The van der Waals surface area contributed by atoms with Crippen LogP contribution in [0.15, 0.2) is 207 Å². The zero-order chi connectivity index (χ0) is 99.6. The summed E-state index contributed by atoms with van der Waals surface area (Å²) in [7, 11) is 0. The van der Waals surface area contributed by atoms with E-state index in [1.54, 1.807) is 128 Å². The number of carboxylic acids is 2. The molecule has 46 nitrogen and oxygen atoms in total. The van der Waals surface area contributed by atoms with Gasteiger partial charge >= 0.3 is 11.9 Å². The molecule has 0 radical (unpaired) electrons. The first-order chi connectivity index (χ1) is 67.9. The first kappa shape index (κ1) is 106. The molecule has 722 valence electrons. The molecule has 13 aromatic heterocycles. The molecule has 50 heteroatoms. The predicted molar refractivity (Wildman–Crippen MR) is 535 cm³/mol. The Hall–Kier alpha value is -16.4. The SMILES string of the molecule is N#CC1CCN(c2ccc(N)nn2)C1.N#CC1CCN(c2ccc(NC(=O)Cc3ccccn3)nn2)C1.N#CC1CCNC1.NNC(N)=S.Nc1ccc(I)nn1.Nc1nnc(C2CCN(c3ccc(NC(=O)Cc4ccccn4)nn3)C2)s1.O=C(Cc1ccccn1)Nc1ccc(N2CCC(c3nnc(NC(=O)Cc4ccccn4)s3)C2)nn1.O=C(O)Cc1ccccn1.O=C(O)Cc1ccccn1. The van der Waals surface area contributed by atoms with Crippen LogP contribution in [0.5, 0.6) is 0 Å². The van der Waals surface area contributed by atoms with Crippen LogP contribution < -0.4 is 80.4 Å². The van der Waals surface area contributed by atoms with Gasteiger partial charge in [-0.2, -0.15) is 15.8 Å². The van der Waals surface area contributed by atoms with E-state index >= 15 is 0 Å². The third kappa shape index (κ3) is 38.4. The predicted octanol–water partition coefficient (Wildman–Crippen LogP) is 6.66. The Morgan fingerprint density at radius 3 is 1.01 bits per heavy atom. The van der Waals surface area contributed by atoms with Gasteiger partial charge in [0.1, 0.15) is 25.4 Å². The van der Waals surface area contributed by atoms with E-state index in [4.69, 9.17) is 48.9 Å². The lowest BCUT2D eigenvalue weighted by molar-refractivity contribution is -0.137. The average Bonchev–Trinajstić information content (AvgIpc) is 1.68. The number of amides is 4. The number of hydrogen-bond donors (Lipinski definition) is 13. The van der Waals surface area contributed by atoms with Gasteiger partial charge in [0, 0.05) is 131 Å². The number of aromatic nitrogens is 20. The van der Waals surface area contributed by atoms with Crippen LogP contribution in [-0.4, -0.2) is 218 Å². The van der Waals surface area contributed by atoms with E-state index in [9.17, 15) is 28.8 Å². The lowest BCUT2D eigenvalue weighted by Gasteiger charge is -2.16. The molecular formula is C90H99IN38O8S3. The molecular weight excluding hydrogens is 1960 g/mol. The van der Waals surface area contributed by atoms with Crippen molar-refractivity contribution < 1.29 is 39.0 Å². The smallest absolute Gasteiger partial charge is 0.309 e. The van der Waals surface area contributed by atoms with E-state index < -0.39 is 11.9 Å². The summed E-state index contributed by atoms with van der Waals surface area (Å²) in [5.41, 5.74) is 27.2. The number of nitriles is 3. The number of rotatable bonds is 22. The molecule has 18 rings (SSSR count). The molecule has 0 aliphatic carbocycles. The Balaban J connectivity index is 0.000000173. The van der Waals surface area contributed by atoms with Crippen molar-refractivity contribution >= 4 is 161 Å². The van der Waals surface area contributed by atoms with Crippen molar-refractivity contribution in [2.75, 3.05) is 124 Å². The second-order valence-electron chi connectivity index (χ2n) is 30.6. The number of hydrogen-bond acceptors (Lipinski definition) is 41. The lowest BCUT2D eigenvalue weighted by Crippen LogP contribution is -2.34. The van der Waals surface area contributed by atoms with Gasteiger partial charge in [0.05, 0.1) is 85.9 Å². The van der Waals surface area contributed by atoms with E-state index in [0.717, 1.165) is 128 Å². The summed E-state index contributed by atoms with van der Waals surface area (Å²) < 4.78 is 0.858. The Kier molecular flexibility index (Phi) is 43.4. The van der Waals surface area contributed by atoms with Crippen molar-refractivity contribution in [1.29, 1.82) is 15.8 Å². The van der Waals surface area contributed by atoms with Crippen LogP contribution in [0.4, 0.5) is 62.6 Å². The molecule has 18 N–H and O–H groups in total. The highest BCUT2D eigenvalue weighted by molar-refractivity contribution is 14.1. The lowest BCUT2D eigenvalue weighted by atomic mass is 10.1. The largest absolute Gasteiger partial charge is 0.481 e. The zero-order valence-electron chi connectivity index (χ0n) is 75.3. The molecule has 0 aromatic carbocycles. The van der Waals surface area contributed by atoms with Gasteiger partial charge in [-0.25, -0.2) is 5.84 Å². The van der Waals surface area contributed by atoms with Gasteiger partial charge in [-0.15, -0.1) is 71.4 Å². The number of nitrogens with one attached hydrogen (secondary N) is 6. The summed E-state index contributed by atoms with van der Waals surface area (Å²) >= 11 is 9.12. The van der Waals surface area contributed by atoms with Crippen molar-refractivity contribution in [3.63, 3.8) is 0 Å². The number of nitrogens with two attached hydrogens (primary N) is 5. The van der Waals surface area contributed by atoms with Crippen molar-refractivity contribution in [3.05, 3.63) is 255 Å². The molecule has 13 aromatic rings. The van der Waals surface area contributed by atoms with Crippen LogP contribution in [-0.2, 0) is 67.3 Å². The second-order valence-corrected chi connectivity index (χ2v) is 34.2. The van der Waals surface area contributed by atoms with Crippen molar-refractivity contribution in [1.82, 2.24) is 112 Å². The Morgan fingerprint density at radius 2 is 0.736 bits per heavy atom. The van der Waals surface area contributed by atoms with E-state index in [1.165, 1.54) is 22.7 Å². The molecule has 18 heterocycles. The van der Waals surface area contributed by atoms with Gasteiger partial charge < -0.3 is 84.8 Å². The highest BCUT2D eigenvalue weighted by atomic mass is 127. The Morgan fingerprint density at radius 1 is 0.400 bits per heavy atom. The number of anilines is 11. The minimum Gasteiger partial charge on any atom is -0.481 e. The number of pyridine rings is 6. The number of aliphatic carboxylic acids is 2. The minimum absolute atomic E-state index is 0.000833. The summed E-state index contributed by atoms with van der Waals surface area (Å²) in [6, 6.07) is 56.8. The Bertz CT molecular complexity index is 6070. The zero-order valence-corrected chi connectivity index (χ0v) is 79.9. The van der Waals surface area contributed by atoms with Crippen LogP contribution >= 0.6 is 57.5 Å². The maximum atomic E-state index is 12.3. The number of carboxylic acid groups (broad SMARTS) is 2. The molecule has 0 spiro atoms. The van der Waals surface area contributed by atoms with Gasteiger partial charge in [0.15, 0.2) is 45.8 Å². The molecule has 5 atom stereocenters. The summed E-state index contributed by atoms with van der Waals surface area (Å²) in [6.45, 7) is 8.21. The monoisotopic (exact) mass is 2060 g/mol. The molecule has 140 heavy (non-hydrogen) atoms. The fourth-order valence-electron chi connectivity index (χ4n) is 13.3. The number of hydrazine groups is 1. The molecule has 5 aliphatic rings. The maximum Gasteiger partial charge on any atom is 0.309 e. The molecule has 5 fully saturated rings. The van der Waals surface area contributed by atoms with E-state index in [0.29, 0.717) is 91.9 Å². The minimum atomic E-state index is -0.848. The van der Waals surface area contributed by atoms with Gasteiger partial charge in [0.25, 0.3) is 0 Å². The third-order valence-electron chi connectivity index (χ3n) is 20.1. The molecule has 4 amide bonds. The van der Waals surface area contributed by atoms with Crippen LogP contribution in [0.3, 0.4) is 0 Å². The van der Waals surface area contributed by atoms with E-state index in [2.05, 4.69) is 201 Å². The van der Waals surface area contributed by atoms with Crippen molar-refractivity contribution in [2.24, 2.45) is 29.3 Å². The number of nitrogens with zero attached hydrogens (tertiary/aromatic N) is 27. The van der Waals surface area contributed by atoms with Gasteiger partial charge in [-0.3, -0.25) is 58.7 Å². The van der Waals surface area contributed by atoms with Crippen molar-refractivity contribution in [3.8, 4) is 18.2 Å². The first-order valence-corrected chi connectivity index (χ1v) is 46.5. The number of thiocarbonyl (C=S) groups is 1. The van der Waals surface area contributed by atoms with Crippen LogP contribution in [0.1, 0.15) is 88.1 Å². The highest BCUT2D eigenvalue weighted by Gasteiger charge is 2.31. The number of nitrogen functional groups attached to an aromatic ring is 3. The molecule has 5 unspecified atom stereocenters. The summed E-state index contributed by atoms with van der Waals surface area (Å²) in [5, 5.41) is 116. The average molecular weight is 2060 g/mol. The third-order valence-corrected chi connectivity index (χ3v) is 22.7. The standard InChI is InChI=1S/C24H23N9O2S.C17H18N8OS.C16H16N6O.C9H11N5.2C7H7NO2.C5H8N2.C4H4IN3.CH5N3S/c34-21(13-17-5-1-3-10-25-17)27-19-7-8-20(30-29-19)33-12-9-16(15-33)23-31-32-24(36-23)28-22(35)14-18-6-2-4-11-26-18;18-17-24-23-16(27-17)11-6-8-25(10-11)14-5-4-13(21-22-14)20-15(26)9-12-3-1-2-7-19-12;17-10-12-6-8-22(11-12)15-5-4-14(20-21-15)19-16(23)9-13-3-1-2-7-18-13;10-5-7-3-4-14(6-7)9-2-1-8(11)12-13-9;2*9-7(10)5-6-3-1-2-4-8-6;6-3-5-1-2-7-4-5;5-3-1-2-4(6)8-7-3;2-1(5)4-3/h1-8,10-11,16H,9,12-15H2,(H,27,29,34)(H,28,32,35);1-5,7,11H,6,8-10H2,(H2,18,24)(H,20,21,26);1-5,7,12H,6,8-9,11H2,(H,19,20,23);1-2,7H,3-4,6H2,(H2,11,12);2*1-4H,5H2,(H,9,10);5,7H,1-2,4H2;1-2H,(H2,6,8);3H2,(H3,2,4,5). The molecule has 0 bridgehead atoms. The topological polar surface area (TPSA) is 687 Å². The molecule has 0 saturated carbocycles. The summed E-state index contributed by atoms with van der Waals surface area (Å²) in [6.07, 6.45) is 15.2. The second kappa shape index (κ2) is 57.5. The first-order valence-electron chi connectivity index (χ1n) is 43.4. The fraction of sp³-hybridized carbons (Fsp3) is 0.289. The quantitative estimate of drug-likeness (QED) is 0.0146. The number of carbonyl (C=O) groups is 6. The summed E-state index contributed by atoms with van der Waals surface area (Å²) in [4.78, 5) is 101. The number of carbonyl (C=O) groups excluding carboxylic acids is 4. The molecule has 5 saturated heterocycles. The van der Waals surface area contributed by atoms with E-state index in [1.807, 2.05) is 89.2 Å². The molecule has 5 aliphatic heterocycles. The summed E-state index contributed by atoms with van der Waals surface area (Å²) in [5.74, 6) is 8.32. The van der Waals surface area contributed by atoms with Gasteiger partial charge in [-0.05, 0) is 207 Å². The number of halogens is 1. The normalized spacial score (nSPS) is 15.4. The van der Waals surface area contributed by atoms with Gasteiger partial charge in [0.2, 0.25) is 33.9 Å². The van der Waals surface area contributed by atoms with Crippen molar-refractivity contribution in [2.45, 2.75) is 82.5 Å². The van der Waals surface area contributed by atoms with Crippen LogP contribution in [0.2, 0.25) is 0 Å². The van der Waals surface area contributed by atoms with Gasteiger partial charge in [-0.1, -0.05) is 59.1 Å². The van der Waals surface area contributed by atoms with Crippen LogP contribution in [0.25, 0.3) is 0 Å². The maximum absolute atomic E-state index is 12.3. The Labute approximate surface area is 830 Å². The van der Waals surface area contributed by atoms with E-state index in [-0.39, 0.29) is 85.0 Å².